The number of nitrogens with zero attached hydrogens (tertiary/aromatic N) is 1. The minimum absolute atomic E-state index is 0.0392. The summed E-state index contributed by atoms with van der Waals surface area (Å²) in [6, 6.07) is 25.0. The minimum atomic E-state index is -0.494. The standard InChI is InChI=1S/C30H28FNO/c1-30-19-9-8-14-26(30)28(32(29(30)33)21-24-12-6-3-7-13-24)25-18-17-23(20-27(25)31)16-15-22-10-4-2-5-11-22/h2-8,10-18,20,26,28H,9,19,21H2,1H3/b16-15+. The monoisotopic (exact) mass is 437 g/mol. The molecule has 3 unspecified atom stereocenters. The quantitative estimate of drug-likeness (QED) is 0.309. The van der Waals surface area contributed by atoms with Crippen LogP contribution in [0.5, 0.6) is 0 Å². The largest absolute Gasteiger partial charge is 0.330 e. The van der Waals surface area contributed by atoms with E-state index in [1.54, 1.807) is 6.07 Å². The first-order chi connectivity index (χ1) is 16.1. The van der Waals surface area contributed by atoms with Gasteiger partial charge in [0.1, 0.15) is 5.82 Å². The van der Waals surface area contributed by atoms with Gasteiger partial charge in [-0.3, -0.25) is 4.79 Å². The van der Waals surface area contributed by atoms with E-state index in [0.29, 0.717) is 12.1 Å². The molecule has 166 valence electrons. The van der Waals surface area contributed by atoms with Crippen molar-refractivity contribution in [2.24, 2.45) is 11.3 Å². The Kier molecular flexibility index (Phi) is 5.72. The van der Waals surface area contributed by atoms with Crippen LogP contribution in [0.15, 0.2) is 91.0 Å². The van der Waals surface area contributed by atoms with E-state index in [-0.39, 0.29) is 23.7 Å². The molecule has 1 fully saturated rings. The number of carbonyl (C=O) groups is 1. The molecule has 2 nitrogen and oxygen atoms in total. The van der Waals surface area contributed by atoms with Gasteiger partial charge in [0.25, 0.3) is 0 Å². The Bertz CT molecular complexity index is 1200. The summed E-state index contributed by atoms with van der Waals surface area (Å²) in [6.45, 7) is 2.54. The minimum Gasteiger partial charge on any atom is -0.330 e. The van der Waals surface area contributed by atoms with Crippen LogP contribution >= 0.6 is 0 Å². The van der Waals surface area contributed by atoms with Gasteiger partial charge >= 0.3 is 0 Å². The van der Waals surface area contributed by atoms with Gasteiger partial charge in [0.2, 0.25) is 5.91 Å². The van der Waals surface area contributed by atoms with Crippen LogP contribution in [0.1, 0.15) is 48.1 Å². The summed E-state index contributed by atoms with van der Waals surface area (Å²) in [6.07, 6.45) is 9.88. The van der Waals surface area contributed by atoms with Crippen molar-refractivity contribution < 1.29 is 9.18 Å². The van der Waals surface area contributed by atoms with Crippen molar-refractivity contribution in [3.8, 4) is 0 Å². The number of halogens is 1. The summed E-state index contributed by atoms with van der Waals surface area (Å²) in [5, 5.41) is 0. The van der Waals surface area contributed by atoms with E-state index in [0.717, 1.165) is 29.5 Å². The van der Waals surface area contributed by atoms with Crippen molar-refractivity contribution in [3.63, 3.8) is 0 Å². The Morgan fingerprint density at radius 1 is 0.970 bits per heavy atom. The first-order valence-corrected chi connectivity index (χ1v) is 11.6. The lowest BCUT2D eigenvalue weighted by molar-refractivity contribution is -0.137. The average molecular weight is 438 g/mol. The molecule has 3 aromatic rings. The van der Waals surface area contributed by atoms with Crippen molar-refractivity contribution in [2.45, 2.75) is 32.4 Å². The number of fused-ring (bicyclic) bond motifs is 1. The Morgan fingerprint density at radius 3 is 2.39 bits per heavy atom. The molecule has 0 radical (unpaired) electrons. The molecule has 3 atom stereocenters. The zero-order valence-electron chi connectivity index (χ0n) is 18.8. The molecular formula is C30H28FNO. The zero-order chi connectivity index (χ0) is 22.8. The molecule has 5 rings (SSSR count). The van der Waals surface area contributed by atoms with Gasteiger partial charge in [0.15, 0.2) is 0 Å². The van der Waals surface area contributed by atoms with Crippen LogP contribution in [0.2, 0.25) is 0 Å². The maximum absolute atomic E-state index is 15.6. The fourth-order valence-corrected chi connectivity index (χ4v) is 5.31. The Balaban J connectivity index is 1.50. The van der Waals surface area contributed by atoms with E-state index in [1.807, 2.05) is 89.8 Å². The fraction of sp³-hybridized carbons (Fsp3) is 0.233. The van der Waals surface area contributed by atoms with Crippen LogP contribution in [0.3, 0.4) is 0 Å². The summed E-state index contributed by atoms with van der Waals surface area (Å²) in [5.74, 6) is -0.176. The molecule has 0 N–H and O–H groups in total. The van der Waals surface area contributed by atoms with Gasteiger partial charge in [-0.25, -0.2) is 4.39 Å². The van der Waals surface area contributed by atoms with Crippen molar-refractivity contribution >= 4 is 18.1 Å². The van der Waals surface area contributed by atoms with Gasteiger partial charge in [-0.2, -0.15) is 0 Å². The van der Waals surface area contributed by atoms with Crippen LogP contribution in [-0.2, 0) is 11.3 Å². The topological polar surface area (TPSA) is 20.3 Å². The van der Waals surface area contributed by atoms with E-state index >= 15 is 4.39 Å². The van der Waals surface area contributed by atoms with Gasteiger partial charge in [-0.1, -0.05) is 104 Å². The van der Waals surface area contributed by atoms with Crippen LogP contribution < -0.4 is 0 Å². The highest BCUT2D eigenvalue weighted by molar-refractivity contribution is 5.86. The van der Waals surface area contributed by atoms with E-state index in [2.05, 4.69) is 19.1 Å². The van der Waals surface area contributed by atoms with Gasteiger partial charge in [-0.05, 0) is 35.6 Å². The molecular weight excluding hydrogens is 409 g/mol. The van der Waals surface area contributed by atoms with E-state index in [1.165, 1.54) is 0 Å². The maximum atomic E-state index is 15.6. The fourth-order valence-electron chi connectivity index (χ4n) is 5.31. The maximum Gasteiger partial charge on any atom is 0.230 e. The molecule has 2 aliphatic rings. The number of likely N-dealkylation sites (tertiary alicyclic amines) is 1. The SMILES string of the molecule is CC12CCC=CC1C(c1ccc(/C=C/c3ccccc3)cc1F)N(Cc1ccccc1)C2=O. The molecule has 1 heterocycles. The first kappa shape index (κ1) is 21.4. The summed E-state index contributed by atoms with van der Waals surface area (Å²) in [7, 11) is 0. The number of hydrogen-bond donors (Lipinski definition) is 0. The molecule has 0 bridgehead atoms. The normalized spacial score (nSPS) is 24.4. The third-order valence-electron chi connectivity index (χ3n) is 7.14. The zero-order valence-corrected chi connectivity index (χ0v) is 18.8. The lowest BCUT2D eigenvalue weighted by Gasteiger charge is -2.32. The highest BCUT2D eigenvalue weighted by atomic mass is 19.1. The van der Waals surface area contributed by atoms with Gasteiger partial charge < -0.3 is 4.90 Å². The summed E-state index contributed by atoms with van der Waals surface area (Å²) < 4.78 is 15.6. The van der Waals surface area contributed by atoms with Gasteiger partial charge in [0, 0.05) is 18.0 Å². The number of benzene rings is 3. The second-order valence-electron chi connectivity index (χ2n) is 9.30. The number of amides is 1. The highest BCUT2D eigenvalue weighted by Crippen LogP contribution is 2.54. The van der Waals surface area contributed by atoms with E-state index in [9.17, 15) is 4.79 Å². The van der Waals surface area contributed by atoms with Gasteiger partial charge in [-0.15, -0.1) is 0 Å². The second-order valence-corrected chi connectivity index (χ2v) is 9.30. The third-order valence-corrected chi connectivity index (χ3v) is 7.14. The highest BCUT2D eigenvalue weighted by Gasteiger charge is 2.56. The van der Waals surface area contributed by atoms with E-state index < -0.39 is 5.41 Å². The Hall–Kier alpha value is -3.46. The predicted octanol–water partition coefficient (Wildman–Crippen LogP) is 7.05. The molecule has 1 amide bonds. The molecule has 0 aromatic heterocycles. The van der Waals surface area contributed by atoms with Crippen LogP contribution in [0.25, 0.3) is 12.2 Å². The summed E-state index contributed by atoms with van der Waals surface area (Å²) >= 11 is 0. The molecule has 3 heteroatoms. The Morgan fingerprint density at radius 2 is 1.67 bits per heavy atom. The van der Waals surface area contributed by atoms with Crippen molar-refractivity contribution in [1.82, 2.24) is 4.90 Å². The lowest BCUT2D eigenvalue weighted by atomic mass is 9.69. The Labute approximate surface area is 195 Å². The summed E-state index contributed by atoms with van der Waals surface area (Å²) in [4.78, 5) is 15.5. The smallest absolute Gasteiger partial charge is 0.230 e. The molecule has 33 heavy (non-hydrogen) atoms. The second kappa shape index (κ2) is 8.82. The van der Waals surface area contributed by atoms with Crippen LogP contribution in [-0.4, -0.2) is 10.8 Å². The first-order valence-electron chi connectivity index (χ1n) is 11.6. The molecule has 1 aliphatic carbocycles. The third kappa shape index (κ3) is 4.04. The molecule has 0 saturated carbocycles. The number of hydrogen-bond acceptors (Lipinski definition) is 1. The molecule has 0 spiro atoms. The molecule has 3 aromatic carbocycles. The van der Waals surface area contributed by atoms with Crippen molar-refractivity contribution in [3.05, 3.63) is 119 Å². The molecule has 1 saturated heterocycles. The van der Waals surface area contributed by atoms with Crippen molar-refractivity contribution in [1.29, 1.82) is 0 Å². The lowest BCUT2D eigenvalue weighted by Crippen LogP contribution is -2.34. The van der Waals surface area contributed by atoms with Crippen LogP contribution in [0.4, 0.5) is 4.39 Å². The predicted molar refractivity (Wildman–Crippen MR) is 131 cm³/mol. The summed E-state index contributed by atoms with van der Waals surface area (Å²) in [5.41, 5.74) is 3.04. The molecule has 1 aliphatic heterocycles. The number of rotatable bonds is 5. The average Bonchev–Trinajstić information content (AvgIpc) is 3.06. The van der Waals surface area contributed by atoms with Crippen molar-refractivity contribution in [2.75, 3.05) is 0 Å². The van der Waals surface area contributed by atoms with E-state index in [4.69, 9.17) is 0 Å². The number of carbonyl (C=O) groups excluding carboxylic acids is 1. The van der Waals surface area contributed by atoms with Gasteiger partial charge in [0.05, 0.1) is 11.5 Å². The van der Waals surface area contributed by atoms with Crippen LogP contribution in [0, 0.1) is 17.2 Å². The number of allylic oxidation sites excluding steroid dienone is 1.